The molecule has 0 spiro atoms. The zero-order chi connectivity index (χ0) is 12.7. The second-order valence-corrected chi connectivity index (χ2v) is 4.35. The number of nitrogens with two attached hydrogens (primary N) is 1. The van der Waals surface area contributed by atoms with Gasteiger partial charge in [-0.05, 0) is 18.6 Å². The third kappa shape index (κ3) is 1.53. The fourth-order valence-electron chi connectivity index (χ4n) is 2.26. The highest BCUT2D eigenvalue weighted by Crippen LogP contribution is 2.39. The molecule has 1 aliphatic rings. The van der Waals surface area contributed by atoms with E-state index in [2.05, 4.69) is 15.0 Å². The molecule has 3 rings (SSSR count). The minimum absolute atomic E-state index is 0.196. The second-order valence-electron chi connectivity index (χ2n) is 4.35. The van der Waals surface area contributed by atoms with Crippen LogP contribution < -0.4 is 10.6 Å². The average Bonchev–Trinajstić information content (AvgIpc) is 2.98. The van der Waals surface area contributed by atoms with Crippen molar-refractivity contribution in [2.24, 2.45) is 5.73 Å². The van der Waals surface area contributed by atoms with Crippen LogP contribution in [0.2, 0.25) is 0 Å². The van der Waals surface area contributed by atoms with Gasteiger partial charge in [-0.15, -0.1) is 0 Å². The lowest BCUT2D eigenvalue weighted by Gasteiger charge is -2.12. The van der Waals surface area contributed by atoms with Gasteiger partial charge in [0.1, 0.15) is 5.75 Å². The van der Waals surface area contributed by atoms with Gasteiger partial charge in [-0.3, -0.25) is 0 Å². The zero-order valence-electron chi connectivity index (χ0n) is 10.1. The van der Waals surface area contributed by atoms with Gasteiger partial charge in [-0.25, -0.2) is 0 Å². The van der Waals surface area contributed by atoms with Gasteiger partial charge in [0.15, 0.2) is 0 Å². The summed E-state index contributed by atoms with van der Waals surface area (Å²) in [4.78, 5) is 6.24. The van der Waals surface area contributed by atoms with E-state index >= 15 is 0 Å². The topological polar surface area (TPSA) is 88.4 Å². The Hall–Kier alpha value is -2.08. The van der Waals surface area contributed by atoms with Crippen LogP contribution in [0.1, 0.15) is 11.5 Å². The Morgan fingerprint density at radius 2 is 2.33 bits per heavy atom. The molecule has 94 valence electrons. The molecule has 0 fully saturated rings. The Bertz CT molecular complexity index is 594. The number of phenolic OH excluding ortho intramolecular Hbond substituents is 1. The van der Waals surface area contributed by atoms with E-state index in [9.17, 15) is 5.11 Å². The molecule has 0 atom stereocenters. The van der Waals surface area contributed by atoms with Crippen molar-refractivity contribution in [2.45, 2.75) is 13.0 Å². The van der Waals surface area contributed by atoms with Crippen molar-refractivity contribution < 1.29 is 9.63 Å². The summed E-state index contributed by atoms with van der Waals surface area (Å²) >= 11 is 0. The number of anilines is 1. The number of rotatable bonds is 2. The van der Waals surface area contributed by atoms with Gasteiger partial charge in [-0.1, -0.05) is 5.16 Å². The quantitative estimate of drug-likeness (QED) is 0.818. The summed E-state index contributed by atoms with van der Waals surface area (Å²) in [5.74, 6) is 0.980. The van der Waals surface area contributed by atoms with E-state index in [1.807, 2.05) is 13.1 Å². The van der Waals surface area contributed by atoms with Gasteiger partial charge in [0.25, 0.3) is 0 Å². The molecule has 0 saturated heterocycles. The number of likely N-dealkylation sites (N-methyl/N-ethyl adjacent to an activating group) is 1. The minimum atomic E-state index is 0.196. The Morgan fingerprint density at radius 1 is 1.50 bits per heavy atom. The van der Waals surface area contributed by atoms with Crippen LogP contribution in [-0.2, 0) is 13.0 Å². The molecule has 2 heterocycles. The highest BCUT2D eigenvalue weighted by molar-refractivity contribution is 5.74. The molecule has 0 radical (unpaired) electrons. The Kier molecular flexibility index (Phi) is 2.45. The first-order valence-corrected chi connectivity index (χ1v) is 5.79. The number of benzene rings is 1. The maximum absolute atomic E-state index is 10.3. The van der Waals surface area contributed by atoms with E-state index in [-0.39, 0.29) is 12.3 Å². The van der Waals surface area contributed by atoms with Gasteiger partial charge in [0.2, 0.25) is 11.7 Å². The number of nitrogens with zero attached hydrogens (tertiary/aromatic N) is 3. The van der Waals surface area contributed by atoms with Crippen LogP contribution in [0.25, 0.3) is 11.4 Å². The van der Waals surface area contributed by atoms with Crippen LogP contribution in [0, 0.1) is 0 Å². The van der Waals surface area contributed by atoms with Crippen molar-refractivity contribution in [2.75, 3.05) is 18.5 Å². The average molecular weight is 246 g/mol. The molecule has 0 unspecified atom stereocenters. The molecule has 0 saturated carbocycles. The van der Waals surface area contributed by atoms with Crippen molar-refractivity contribution in [1.29, 1.82) is 0 Å². The molecule has 1 aromatic carbocycles. The third-order valence-corrected chi connectivity index (χ3v) is 3.25. The van der Waals surface area contributed by atoms with Crippen molar-refractivity contribution in [3.63, 3.8) is 0 Å². The molecule has 2 aromatic rings. The fraction of sp³-hybridized carbons (Fsp3) is 0.333. The second kappa shape index (κ2) is 3.99. The predicted molar refractivity (Wildman–Crippen MR) is 66.3 cm³/mol. The monoisotopic (exact) mass is 246 g/mol. The van der Waals surface area contributed by atoms with E-state index in [4.69, 9.17) is 10.3 Å². The minimum Gasteiger partial charge on any atom is -0.507 e. The summed E-state index contributed by atoms with van der Waals surface area (Å²) in [7, 11) is 2.01. The van der Waals surface area contributed by atoms with Gasteiger partial charge in [-0.2, -0.15) is 4.98 Å². The summed E-state index contributed by atoms with van der Waals surface area (Å²) in [5.41, 5.74) is 8.01. The molecule has 1 aromatic heterocycles. The number of phenols is 1. The van der Waals surface area contributed by atoms with Crippen LogP contribution in [0.15, 0.2) is 16.7 Å². The SMILES string of the molecule is CN1CCc2c1ccc(-c1noc(CN)n1)c2O. The van der Waals surface area contributed by atoms with Crippen LogP contribution in [0.3, 0.4) is 0 Å². The summed E-state index contributed by atoms with van der Waals surface area (Å²) in [6.45, 7) is 1.11. The number of aromatic hydroxyl groups is 1. The number of hydrogen-bond acceptors (Lipinski definition) is 6. The third-order valence-electron chi connectivity index (χ3n) is 3.25. The molecule has 0 bridgehead atoms. The number of aromatic nitrogens is 2. The summed E-state index contributed by atoms with van der Waals surface area (Å²) in [6.07, 6.45) is 0.826. The molecule has 3 N–H and O–H groups in total. The molecule has 6 heteroatoms. The fourth-order valence-corrected chi connectivity index (χ4v) is 2.26. The van der Waals surface area contributed by atoms with Gasteiger partial charge in [0.05, 0.1) is 12.1 Å². The lowest BCUT2D eigenvalue weighted by atomic mass is 10.1. The Morgan fingerprint density at radius 3 is 3.06 bits per heavy atom. The summed E-state index contributed by atoms with van der Waals surface area (Å²) in [6, 6.07) is 3.77. The molecule has 6 nitrogen and oxygen atoms in total. The predicted octanol–water partition coefficient (Wildman–Crippen LogP) is 0.893. The lowest BCUT2D eigenvalue weighted by Crippen LogP contribution is -2.12. The Labute approximate surface area is 104 Å². The maximum Gasteiger partial charge on any atom is 0.240 e. The number of hydrogen-bond donors (Lipinski definition) is 2. The summed E-state index contributed by atoms with van der Waals surface area (Å²) in [5, 5.41) is 14.1. The largest absolute Gasteiger partial charge is 0.507 e. The number of fused-ring (bicyclic) bond motifs is 1. The lowest BCUT2D eigenvalue weighted by molar-refractivity contribution is 0.380. The van der Waals surface area contributed by atoms with Gasteiger partial charge >= 0.3 is 0 Å². The van der Waals surface area contributed by atoms with E-state index in [0.717, 1.165) is 24.2 Å². The van der Waals surface area contributed by atoms with Crippen LogP contribution >= 0.6 is 0 Å². The van der Waals surface area contributed by atoms with Crippen molar-refractivity contribution in [3.8, 4) is 17.1 Å². The van der Waals surface area contributed by atoms with Crippen LogP contribution in [0.4, 0.5) is 5.69 Å². The molecule has 1 aliphatic heterocycles. The van der Waals surface area contributed by atoms with Gasteiger partial charge in [0, 0.05) is 24.8 Å². The first kappa shape index (κ1) is 11.0. The van der Waals surface area contributed by atoms with E-state index in [1.54, 1.807) is 6.07 Å². The summed E-state index contributed by atoms with van der Waals surface area (Å²) < 4.78 is 4.96. The molecule has 18 heavy (non-hydrogen) atoms. The molecule has 0 amide bonds. The molecular formula is C12H14N4O2. The standard InChI is InChI=1S/C12H14N4O2/c1-16-5-4-7-9(16)3-2-8(11(7)17)12-14-10(6-13)18-15-12/h2-3,17H,4-6,13H2,1H3. The van der Waals surface area contributed by atoms with E-state index < -0.39 is 0 Å². The van der Waals surface area contributed by atoms with E-state index in [1.165, 1.54) is 0 Å². The van der Waals surface area contributed by atoms with E-state index in [0.29, 0.717) is 17.3 Å². The Balaban J connectivity index is 2.09. The zero-order valence-corrected chi connectivity index (χ0v) is 10.1. The van der Waals surface area contributed by atoms with Crippen LogP contribution in [-0.4, -0.2) is 28.8 Å². The normalized spacial score (nSPS) is 14.0. The van der Waals surface area contributed by atoms with Crippen molar-refractivity contribution in [3.05, 3.63) is 23.6 Å². The maximum atomic E-state index is 10.3. The first-order chi connectivity index (χ1) is 8.70. The highest BCUT2D eigenvalue weighted by Gasteiger charge is 2.23. The van der Waals surface area contributed by atoms with Crippen molar-refractivity contribution >= 4 is 5.69 Å². The first-order valence-electron chi connectivity index (χ1n) is 5.79. The van der Waals surface area contributed by atoms with Gasteiger partial charge < -0.3 is 20.3 Å². The molecule has 0 aliphatic carbocycles. The van der Waals surface area contributed by atoms with Crippen molar-refractivity contribution in [1.82, 2.24) is 10.1 Å². The highest BCUT2D eigenvalue weighted by atomic mass is 16.5. The molecular weight excluding hydrogens is 232 g/mol. The van der Waals surface area contributed by atoms with Crippen LogP contribution in [0.5, 0.6) is 5.75 Å². The smallest absolute Gasteiger partial charge is 0.240 e.